The molecule has 238 valence electrons. The summed E-state index contributed by atoms with van der Waals surface area (Å²) in [4.78, 5) is 10.5. The van der Waals surface area contributed by atoms with Gasteiger partial charge in [-0.15, -0.1) is 0 Å². The van der Waals surface area contributed by atoms with E-state index in [0.717, 1.165) is 55.7 Å². The Morgan fingerprint density at radius 1 is 0.412 bits per heavy atom. The molecule has 2 aromatic heterocycles. The molecule has 9 rings (SSSR count). The number of fused-ring (bicyclic) bond motifs is 3. The first-order chi connectivity index (χ1) is 25.3. The number of hydrogen-bond donors (Lipinski definition) is 0. The second-order valence-corrected chi connectivity index (χ2v) is 12.5. The molecule has 2 heterocycles. The molecule has 0 atom stereocenters. The highest BCUT2D eigenvalue weighted by Gasteiger charge is 2.24. The lowest BCUT2D eigenvalue weighted by molar-refractivity contribution is 1.16. The van der Waals surface area contributed by atoms with Crippen LogP contribution in [0.1, 0.15) is 5.56 Å². The zero-order chi connectivity index (χ0) is 34.1. The Kier molecular flexibility index (Phi) is 7.50. The topological polar surface area (TPSA) is 54.5 Å². The summed E-state index contributed by atoms with van der Waals surface area (Å²) in [7, 11) is 0. The lowest BCUT2D eigenvalue weighted by atomic mass is 9.92. The Labute approximate surface area is 296 Å². The molecule has 0 radical (unpaired) electrons. The largest absolute Gasteiger partial charge is 0.309 e. The molecule has 0 fully saturated rings. The van der Waals surface area contributed by atoms with Crippen LogP contribution >= 0.6 is 0 Å². The van der Waals surface area contributed by atoms with Crippen LogP contribution in [0.5, 0.6) is 0 Å². The summed E-state index contributed by atoms with van der Waals surface area (Å²) in [6.07, 6.45) is 0. The summed E-state index contributed by atoms with van der Waals surface area (Å²) in [6.45, 7) is 0. The van der Waals surface area contributed by atoms with Gasteiger partial charge in [0.05, 0.1) is 28.1 Å². The fourth-order valence-electron chi connectivity index (χ4n) is 7.14. The fourth-order valence-corrected chi connectivity index (χ4v) is 7.14. The van der Waals surface area contributed by atoms with Gasteiger partial charge in [0.1, 0.15) is 11.6 Å². The van der Waals surface area contributed by atoms with E-state index in [1.54, 1.807) is 0 Å². The maximum Gasteiger partial charge on any atom is 0.161 e. The molecular formula is C47H30N4. The third kappa shape index (κ3) is 5.25. The van der Waals surface area contributed by atoms with Gasteiger partial charge in [-0.1, -0.05) is 158 Å². The predicted octanol–water partition coefficient (Wildman–Crippen LogP) is 11.8. The van der Waals surface area contributed by atoms with Crippen LogP contribution in [-0.2, 0) is 0 Å². The normalized spacial score (nSPS) is 11.1. The Balaban J connectivity index is 1.42. The second-order valence-electron chi connectivity index (χ2n) is 12.5. The molecule has 0 aliphatic heterocycles. The van der Waals surface area contributed by atoms with Gasteiger partial charge < -0.3 is 4.57 Å². The number of hydrogen-bond acceptors (Lipinski definition) is 3. The van der Waals surface area contributed by atoms with Crippen molar-refractivity contribution in [1.29, 1.82) is 5.26 Å². The quantitative estimate of drug-likeness (QED) is 0.180. The van der Waals surface area contributed by atoms with Crippen molar-refractivity contribution >= 4 is 21.8 Å². The first-order valence-corrected chi connectivity index (χ1v) is 17.0. The average Bonchev–Trinajstić information content (AvgIpc) is 3.55. The second kappa shape index (κ2) is 12.7. The highest BCUT2D eigenvalue weighted by molar-refractivity contribution is 6.10. The summed E-state index contributed by atoms with van der Waals surface area (Å²) < 4.78 is 2.38. The molecule has 0 aliphatic carbocycles. The molecule has 4 nitrogen and oxygen atoms in total. The number of aromatic nitrogens is 3. The fraction of sp³-hybridized carbons (Fsp3) is 0. The van der Waals surface area contributed by atoms with Crippen molar-refractivity contribution < 1.29 is 0 Å². The molecule has 0 saturated carbocycles. The van der Waals surface area contributed by atoms with E-state index in [2.05, 4.69) is 120 Å². The molecule has 7 aromatic carbocycles. The first-order valence-electron chi connectivity index (χ1n) is 17.0. The van der Waals surface area contributed by atoms with Crippen LogP contribution in [0.2, 0.25) is 0 Å². The van der Waals surface area contributed by atoms with Crippen LogP contribution in [0.15, 0.2) is 182 Å². The molecule has 9 aromatic rings. The summed E-state index contributed by atoms with van der Waals surface area (Å²) >= 11 is 0. The van der Waals surface area contributed by atoms with E-state index in [9.17, 15) is 5.26 Å². The van der Waals surface area contributed by atoms with Crippen molar-refractivity contribution in [3.8, 4) is 67.9 Å². The van der Waals surface area contributed by atoms with Crippen molar-refractivity contribution in [2.45, 2.75) is 0 Å². The van der Waals surface area contributed by atoms with Crippen molar-refractivity contribution in [3.05, 3.63) is 188 Å². The van der Waals surface area contributed by atoms with E-state index in [4.69, 9.17) is 9.97 Å². The SMILES string of the molecule is N#Cc1c(-c2ccccc2)nc(-c2cc(-c3ccccc3)c(-n3c4ccccc4c4ccccc43)cc2-c2ccccc2)nc1-c1ccccc1. The van der Waals surface area contributed by atoms with Gasteiger partial charge in [0.25, 0.3) is 0 Å². The lowest BCUT2D eigenvalue weighted by Gasteiger charge is -2.20. The maximum absolute atomic E-state index is 10.6. The highest BCUT2D eigenvalue weighted by Crippen LogP contribution is 2.43. The summed E-state index contributed by atoms with van der Waals surface area (Å²) in [5.74, 6) is 0.552. The number of benzene rings is 7. The van der Waals surface area contributed by atoms with Gasteiger partial charge in [-0.3, -0.25) is 0 Å². The molecule has 0 saturated heterocycles. The van der Waals surface area contributed by atoms with Crippen LogP contribution in [-0.4, -0.2) is 14.5 Å². The Hall–Kier alpha value is -7.09. The molecule has 0 unspecified atom stereocenters. The van der Waals surface area contributed by atoms with Gasteiger partial charge in [-0.2, -0.15) is 5.26 Å². The van der Waals surface area contributed by atoms with Crippen LogP contribution < -0.4 is 0 Å². The zero-order valence-corrected chi connectivity index (χ0v) is 27.6. The van der Waals surface area contributed by atoms with Crippen molar-refractivity contribution in [3.63, 3.8) is 0 Å². The number of para-hydroxylation sites is 2. The molecule has 4 heteroatoms. The molecule has 0 N–H and O–H groups in total. The summed E-state index contributed by atoms with van der Waals surface area (Å²) in [5.41, 5.74) is 11.8. The maximum atomic E-state index is 10.6. The molecule has 0 spiro atoms. The highest BCUT2D eigenvalue weighted by atomic mass is 15.0. The summed E-state index contributed by atoms with van der Waals surface area (Å²) in [5, 5.41) is 13.0. The number of nitrogens with zero attached hydrogens (tertiary/aromatic N) is 4. The Morgan fingerprint density at radius 2 is 0.824 bits per heavy atom. The van der Waals surface area contributed by atoms with Crippen molar-refractivity contribution in [1.82, 2.24) is 14.5 Å². The predicted molar refractivity (Wildman–Crippen MR) is 208 cm³/mol. The lowest BCUT2D eigenvalue weighted by Crippen LogP contribution is -2.04. The third-order valence-corrected chi connectivity index (χ3v) is 9.48. The minimum absolute atomic E-state index is 0.447. The van der Waals surface area contributed by atoms with Crippen LogP contribution in [0, 0.1) is 11.3 Å². The molecular weight excluding hydrogens is 621 g/mol. The van der Waals surface area contributed by atoms with Gasteiger partial charge >= 0.3 is 0 Å². The van der Waals surface area contributed by atoms with E-state index in [1.165, 1.54) is 10.8 Å². The van der Waals surface area contributed by atoms with E-state index in [1.807, 2.05) is 72.8 Å². The Bertz CT molecular complexity index is 2610. The van der Waals surface area contributed by atoms with E-state index in [-0.39, 0.29) is 0 Å². The minimum Gasteiger partial charge on any atom is -0.309 e. The van der Waals surface area contributed by atoms with Gasteiger partial charge in [-0.05, 0) is 41.0 Å². The van der Waals surface area contributed by atoms with Crippen molar-refractivity contribution in [2.24, 2.45) is 0 Å². The Morgan fingerprint density at radius 3 is 1.29 bits per heavy atom. The van der Waals surface area contributed by atoms with Gasteiger partial charge in [-0.25, -0.2) is 9.97 Å². The zero-order valence-electron chi connectivity index (χ0n) is 27.6. The number of nitriles is 1. The van der Waals surface area contributed by atoms with Gasteiger partial charge in [0.2, 0.25) is 0 Å². The molecule has 51 heavy (non-hydrogen) atoms. The first kappa shape index (κ1) is 30.0. The number of rotatable bonds is 6. The van der Waals surface area contributed by atoms with E-state index in [0.29, 0.717) is 22.8 Å². The van der Waals surface area contributed by atoms with Crippen LogP contribution in [0.3, 0.4) is 0 Å². The van der Waals surface area contributed by atoms with E-state index < -0.39 is 0 Å². The van der Waals surface area contributed by atoms with Gasteiger partial charge in [0.15, 0.2) is 5.82 Å². The standard InChI is InChI=1S/C47H30N4/c48-31-41-45(34-21-9-3-10-22-34)49-47(50-46(41)35-23-11-4-12-24-35)40-29-39(33-19-7-2-8-20-33)44(30-38(40)32-17-5-1-6-18-32)51-42-27-15-13-25-36(42)37-26-14-16-28-43(37)51/h1-30H. The van der Waals surface area contributed by atoms with E-state index >= 15 is 0 Å². The van der Waals surface area contributed by atoms with Crippen LogP contribution in [0.25, 0.3) is 83.6 Å². The minimum atomic E-state index is 0.447. The molecule has 0 bridgehead atoms. The molecule has 0 aliphatic rings. The molecule has 0 amide bonds. The van der Waals surface area contributed by atoms with Crippen LogP contribution in [0.4, 0.5) is 0 Å². The summed E-state index contributed by atoms with van der Waals surface area (Å²) in [6, 6.07) is 65.0. The van der Waals surface area contributed by atoms with Crippen molar-refractivity contribution in [2.75, 3.05) is 0 Å². The average molecular weight is 651 g/mol. The third-order valence-electron chi connectivity index (χ3n) is 9.48. The monoisotopic (exact) mass is 650 g/mol. The van der Waals surface area contributed by atoms with Gasteiger partial charge in [0, 0.05) is 33.0 Å². The smallest absolute Gasteiger partial charge is 0.161 e.